The van der Waals surface area contributed by atoms with Crippen LogP contribution < -0.4 is 4.74 Å². The lowest BCUT2D eigenvalue weighted by Crippen LogP contribution is -1.95. The molecule has 1 heterocycles. The summed E-state index contributed by atoms with van der Waals surface area (Å²) in [5.41, 5.74) is 0.625. The fraction of sp³-hybridized carbons (Fsp3) is 0.118. The van der Waals surface area contributed by atoms with Gasteiger partial charge in [-0.15, -0.1) is 0 Å². The van der Waals surface area contributed by atoms with Crippen molar-refractivity contribution in [3.05, 3.63) is 64.9 Å². The first kappa shape index (κ1) is 14.0. The molecule has 0 fully saturated rings. The molecule has 0 unspecified atom stereocenters. The van der Waals surface area contributed by atoms with E-state index in [4.69, 9.17) is 4.74 Å². The summed E-state index contributed by atoms with van der Waals surface area (Å²) in [7, 11) is 0. The smallest absolute Gasteiger partial charge is 0.145 e. The number of rotatable bonds is 3. The highest BCUT2D eigenvalue weighted by Gasteiger charge is 2.08. The zero-order chi connectivity index (χ0) is 14.8. The summed E-state index contributed by atoms with van der Waals surface area (Å²) in [5, 5.41) is 11.7. The Hall–Kier alpha value is -1.91. The lowest BCUT2D eigenvalue weighted by molar-refractivity contribution is 0.194. The number of aromatic nitrogens is 1. The van der Waals surface area contributed by atoms with E-state index in [1.165, 1.54) is 0 Å². The maximum atomic E-state index is 9.46. The fourth-order valence-corrected chi connectivity index (χ4v) is 2.69. The van der Waals surface area contributed by atoms with E-state index >= 15 is 0 Å². The molecule has 3 aromatic rings. The third-order valence-electron chi connectivity index (χ3n) is 3.24. The zero-order valence-corrected chi connectivity index (χ0v) is 13.0. The maximum Gasteiger partial charge on any atom is 0.145 e. The fourth-order valence-electron chi connectivity index (χ4n) is 2.12. The first-order chi connectivity index (χ1) is 10.1. The number of ether oxygens (including phenoxy) is 1. The van der Waals surface area contributed by atoms with Crippen molar-refractivity contribution in [2.24, 2.45) is 0 Å². The summed E-state index contributed by atoms with van der Waals surface area (Å²) >= 11 is 3.59. The van der Waals surface area contributed by atoms with Gasteiger partial charge in [-0.25, -0.2) is 0 Å². The molecular formula is C17H14BrNO2. The van der Waals surface area contributed by atoms with Crippen LogP contribution in [-0.2, 0) is 0 Å². The van der Waals surface area contributed by atoms with Gasteiger partial charge in [-0.2, -0.15) is 0 Å². The Bertz CT molecular complexity index is 769. The Morgan fingerprint density at radius 1 is 1.10 bits per heavy atom. The second kappa shape index (κ2) is 5.84. The minimum absolute atomic E-state index is 0.577. The van der Waals surface area contributed by atoms with Gasteiger partial charge in [0.1, 0.15) is 11.5 Å². The Labute approximate surface area is 131 Å². The Balaban J connectivity index is 1.92. The summed E-state index contributed by atoms with van der Waals surface area (Å²) in [6.07, 6.45) is 1.04. The summed E-state index contributed by atoms with van der Waals surface area (Å²) < 4.78 is 6.78. The summed E-state index contributed by atoms with van der Waals surface area (Å²) in [6, 6.07) is 15.6. The van der Waals surface area contributed by atoms with E-state index in [9.17, 15) is 5.11 Å². The van der Waals surface area contributed by atoms with Crippen LogP contribution in [0.3, 0.4) is 0 Å². The molecule has 0 aliphatic carbocycles. The Morgan fingerprint density at radius 3 is 2.62 bits per heavy atom. The summed E-state index contributed by atoms with van der Waals surface area (Å²) in [4.78, 5) is 4.18. The van der Waals surface area contributed by atoms with Crippen molar-refractivity contribution < 1.29 is 9.84 Å². The molecule has 3 nitrogen and oxygen atoms in total. The normalized spacial score (nSPS) is 12.3. The highest BCUT2D eigenvalue weighted by atomic mass is 79.9. The molecule has 1 aromatic heterocycles. The van der Waals surface area contributed by atoms with Crippen molar-refractivity contribution in [2.45, 2.75) is 13.0 Å². The maximum absolute atomic E-state index is 9.46. The molecule has 0 aliphatic heterocycles. The second-order valence-corrected chi connectivity index (χ2v) is 5.59. The number of pyridine rings is 1. The molecule has 2 aromatic carbocycles. The van der Waals surface area contributed by atoms with Crippen LogP contribution in [0.1, 0.15) is 18.7 Å². The molecule has 0 bridgehead atoms. The van der Waals surface area contributed by atoms with Gasteiger partial charge < -0.3 is 9.84 Å². The largest absolute Gasteiger partial charge is 0.455 e. The van der Waals surface area contributed by atoms with Crippen LogP contribution in [-0.4, -0.2) is 10.1 Å². The average Bonchev–Trinajstić information content (AvgIpc) is 2.51. The highest BCUT2D eigenvalue weighted by molar-refractivity contribution is 9.10. The number of fused-ring (bicyclic) bond motifs is 1. The van der Waals surface area contributed by atoms with Gasteiger partial charge in [0.15, 0.2) is 0 Å². The van der Waals surface area contributed by atoms with Crippen LogP contribution >= 0.6 is 15.9 Å². The number of halogens is 1. The number of benzene rings is 2. The van der Waals surface area contributed by atoms with E-state index < -0.39 is 6.10 Å². The second-order valence-electron chi connectivity index (χ2n) is 4.80. The highest BCUT2D eigenvalue weighted by Crippen LogP contribution is 2.35. The predicted octanol–water partition coefficient (Wildman–Crippen LogP) is 4.84. The van der Waals surface area contributed by atoms with Crippen molar-refractivity contribution >= 4 is 26.7 Å². The lowest BCUT2D eigenvalue weighted by Gasteiger charge is -2.10. The van der Waals surface area contributed by atoms with Gasteiger partial charge in [0.2, 0.25) is 0 Å². The van der Waals surface area contributed by atoms with Gasteiger partial charge >= 0.3 is 0 Å². The number of hydrogen-bond donors (Lipinski definition) is 1. The summed E-state index contributed by atoms with van der Waals surface area (Å²) in [5.74, 6) is 1.37. The van der Waals surface area contributed by atoms with Crippen LogP contribution in [0.5, 0.6) is 11.5 Å². The van der Waals surface area contributed by atoms with Crippen LogP contribution in [0.15, 0.2) is 59.2 Å². The van der Waals surface area contributed by atoms with Gasteiger partial charge in [-0.3, -0.25) is 4.98 Å². The van der Waals surface area contributed by atoms with Gasteiger partial charge in [0.05, 0.1) is 22.5 Å². The average molecular weight is 344 g/mol. The van der Waals surface area contributed by atoms with Crippen LogP contribution in [0.2, 0.25) is 0 Å². The molecule has 0 spiro atoms. The molecule has 0 saturated carbocycles. The van der Waals surface area contributed by atoms with Gasteiger partial charge in [0, 0.05) is 0 Å². The summed E-state index contributed by atoms with van der Waals surface area (Å²) in [6.45, 7) is 1.68. The van der Waals surface area contributed by atoms with E-state index in [1.807, 2.05) is 30.3 Å². The minimum atomic E-state index is -0.577. The molecule has 4 heteroatoms. The first-order valence-corrected chi connectivity index (χ1v) is 7.43. The van der Waals surface area contributed by atoms with Crippen molar-refractivity contribution in [3.63, 3.8) is 0 Å². The molecule has 21 heavy (non-hydrogen) atoms. The first-order valence-electron chi connectivity index (χ1n) is 6.64. The molecule has 0 saturated heterocycles. The van der Waals surface area contributed by atoms with E-state index in [0.717, 1.165) is 21.0 Å². The molecule has 0 radical (unpaired) electrons. The van der Waals surface area contributed by atoms with Crippen LogP contribution in [0.25, 0.3) is 10.8 Å². The third kappa shape index (κ3) is 2.91. The van der Waals surface area contributed by atoms with Crippen LogP contribution in [0, 0.1) is 0 Å². The predicted molar refractivity (Wildman–Crippen MR) is 86.6 cm³/mol. The molecule has 1 N–H and O–H groups in total. The van der Waals surface area contributed by atoms with E-state index in [2.05, 4.69) is 27.0 Å². The van der Waals surface area contributed by atoms with Crippen molar-refractivity contribution in [2.75, 3.05) is 0 Å². The van der Waals surface area contributed by atoms with Crippen LogP contribution in [0.4, 0.5) is 0 Å². The number of hydrogen-bond acceptors (Lipinski definition) is 3. The van der Waals surface area contributed by atoms with Gasteiger partial charge in [0.25, 0.3) is 0 Å². The molecule has 0 amide bonds. The molecule has 3 rings (SSSR count). The minimum Gasteiger partial charge on any atom is -0.455 e. The molecule has 1 atom stereocenters. The number of aliphatic hydroxyl groups is 1. The van der Waals surface area contributed by atoms with E-state index in [1.54, 1.807) is 25.3 Å². The topological polar surface area (TPSA) is 42.4 Å². The van der Waals surface area contributed by atoms with Crippen molar-refractivity contribution in [3.8, 4) is 11.5 Å². The van der Waals surface area contributed by atoms with Gasteiger partial charge in [-0.05, 0) is 51.8 Å². The SMILES string of the molecule is C[C@@H](O)c1ccc(Oc2ccc3ccccc3c2Br)cn1. The molecular weight excluding hydrogens is 330 g/mol. The van der Waals surface area contributed by atoms with Crippen molar-refractivity contribution in [1.82, 2.24) is 4.98 Å². The Kier molecular flexibility index (Phi) is 3.90. The third-order valence-corrected chi connectivity index (χ3v) is 4.06. The lowest BCUT2D eigenvalue weighted by atomic mass is 10.1. The van der Waals surface area contributed by atoms with E-state index in [-0.39, 0.29) is 0 Å². The number of aliphatic hydroxyl groups excluding tert-OH is 1. The quantitative estimate of drug-likeness (QED) is 0.739. The standard InChI is InChI=1S/C17H14BrNO2/c1-11(20)15-8-7-13(10-19-15)21-16-9-6-12-4-2-3-5-14(12)17(16)18/h2-11,20H,1H3/t11-/m1/s1. The zero-order valence-electron chi connectivity index (χ0n) is 11.5. The van der Waals surface area contributed by atoms with E-state index in [0.29, 0.717) is 11.4 Å². The molecule has 106 valence electrons. The number of nitrogens with zero attached hydrogens (tertiary/aromatic N) is 1. The Morgan fingerprint density at radius 2 is 1.90 bits per heavy atom. The monoisotopic (exact) mass is 343 g/mol. The van der Waals surface area contributed by atoms with Gasteiger partial charge in [-0.1, -0.05) is 30.3 Å². The van der Waals surface area contributed by atoms with Crippen molar-refractivity contribution in [1.29, 1.82) is 0 Å². The molecule has 0 aliphatic rings.